The quantitative estimate of drug-likeness (QED) is 0.680. The monoisotopic (exact) mass is 259 g/mol. The number of pyridine rings is 1. The van der Waals surface area contributed by atoms with Gasteiger partial charge in [0.15, 0.2) is 0 Å². The molecule has 0 fully saturated rings. The Bertz CT molecular complexity index is 634. The molecule has 2 rings (SSSR count). The summed E-state index contributed by atoms with van der Waals surface area (Å²) in [5.74, 6) is -0.321. The van der Waals surface area contributed by atoms with Crippen molar-refractivity contribution in [1.82, 2.24) is 10.3 Å². The molecule has 0 unspecified atom stereocenters. The first kappa shape index (κ1) is 12.3. The molecule has 2 aromatic rings. The van der Waals surface area contributed by atoms with E-state index < -0.39 is 0 Å². The highest BCUT2D eigenvalue weighted by atomic mass is 35.5. The first-order valence-electron chi connectivity index (χ1n) is 5.43. The lowest BCUT2D eigenvalue weighted by Crippen LogP contribution is -2.25. The van der Waals surface area contributed by atoms with Crippen molar-refractivity contribution in [2.75, 3.05) is 6.54 Å². The zero-order valence-electron chi connectivity index (χ0n) is 9.48. The second kappa shape index (κ2) is 5.48. The van der Waals surface area contributed by atoms with Gasteiger partial charge in [-0.3, -0.25) is 4.79 Å². The van der Waals surface area contributed by atoms with Crippen LogP contribution in [0.15, 0.2) is 30.3 Å². The maximum atomic E-state index is 11.8. The van der Waals surface area contributed by atoms with Crippen LogP contribution >= 0.6 is 11.6 Å². The number of carbonyl (C=O) groups excluding carboxylic acids is 1. The van der Waals surface area contributed by atoms with Gasteiger partial charge in [-0.25, -0.2) is 4.98 Å². The molecule has 1 N–H and O–H groups in total. The fourth-order valence-corrected chi connectivity index (χ4v) is 1.86. The van der Waals surface area contributed by atoms with Gasteiger partial charge in [0.05, 0.1) is 12.5 Å². The van der Waals surface area contributed by atoms with Crippen LogP contribution in [0.25, 0.3) is 10.8 Å². The van der Waals surface area contributed by atoms with Crippen LogP contribution < -0.4 is 5.32 Å². The minimum absolute atomic E-state index is 0.261. The smallest absolute Gasteiger partial charge is 0.269 e. The SMILES string of the molecule is N#CCCNC(=O)c1cc2ccccc2c(Cl)n1. The Morgan fingerprint density at radius 2 is 2.22 bits per heavy atom. The molecule has 0 radical (unpaired) electrons. The van der Waals surface area contributed by atoms with Gasteiger partial charge in [-0.1, -0.05) is 35.9 Å². The Morgan fingerprint density at radius 1 is 1.44 bits per heavy atom. The summed E-state index contributed by atoms with van der Waals surface area (Å²) >= 11 is 6.02. The molecule has 0 spiro atoms. The summed E-state index contributed by atoms with van der Waals surface area (Å²) in [4.78, 5) is 15.8. The molecule has 1 aromatic heterocycles. The van der Waals surface area contributed by atoms with Crippen LogP contribution in [0.1, 0.15) is 16.9 Å². The van der Waals surface area contributed by atoms with E-state index in [0.717, 1.165) is 10.8 Å². The molecule has 18 heavy (non-hydrogen) atoms. The van der Waals surface area contributed by atoms with E-state index in [9.17, 15) is 4.79 Å². The first-order valence-corrected chi connectivity index (χ1v) is 5.80. The van der Waals surface area contributed by atoms with Crippen LogP contribution in [0.4, 0.5) is 0 Å². The zero-order chi connectivity index (χ0) is 13.0. The summed E-state index contributed by atoms with van der Waals surface area (Å²) in [5, 5.41) is 13.0. The molecular weight excluding hydrogens is 250 g/mol. The van der Waals surface area contributed by atoms with Crippen molar-refractivity contribution in [3.8, 4) is 6.07 Å². The van der Waals surface area contributed by atoms with Crippen molar-refractivity contribution < 1.29 is 4.79 Å². The molecule has 0 aliphatic heterocycles. The normalized spacial score (nSPS) is 10.0. The number of nitriles is 1. The third-order valence-corrected chi connectivity index (χ3v) is 2.74. The Hall–Kier alpha value is -2.12. The molecular formula is C13H10ClN3O. The number of nitrogens with one attached hydrogen (secondary N) is 1. The van der Waals surface area contributed by atoms with Crippen LogP contribution in [0.3, 0.4) is 0 Å². The average molecular weight is 260 g/mol. The van der Waals surface area contributed by atoms with Gasteiger partial charge in [-0.05, 0) is 11.5 Å². The van der Waals surface area contributed by atoms with Gasteiger partial charge in [0, 0.05) is 11.9 Å². The lowest BCUT2D eigenvalue weighted by atomic mass is 10.1. The summed E-state index contributed by atoms with van der Waals surface area (Å²) in [7, 11) is 0. The van der Waals surface area contributed by atoms with E-state index in [2.05, 4.69) is 10.3 Å². The van der Waals surface area contributed by atoms with E-state index >= 15 is 0 Å². The van der Waals surface area contributed by atoms with Gasteiger partial charge < -0.3 is 5.32 Å². The highest BCUT2D eigenvalue weighted by Crippen LogP contribution is 2.22. The van der Waals surface area contributed by atoms with E-state index in [-0.39, 0.29) is 18.0 Å². The number of aromatic nitrogens is 1. The Kier molecular flexibility index (Phi) is 3.75. The van der Waals surface area contributed by atoms with Crippen LogP contribution in [0, 0.1) is 11.3 Å². The number of halogens is 1. The number of benzene rings is 1. The van der Waals surface area contributed by atoms with Crippen LogP contribution in [-0.2, 0) is 0 Å². The van der Waals surface area contributed by atoms with Gasteiger partial charge in [-0.15, -0.1) is 0 Å². The Balaban J connectivity index is 2.29. The van der Waals surface area contributed by atoms with Gasteiger partial charge in [0.1, 0.15) is 10.8 Å². The Labute approximate surface area is 109 Å². The minimum atomic E-state index is -0.321. The minimum Gasteiger partial charge on any atom is -0.350 e. The fraction of sp³-hybridized carbons (Fsp3) is 0.154. The maximum Gasteiger partial charge on any atom is 0.269 e. The first-order chi connectivity index (χ1) is 8.72. The third kappa shape index (κ3) is 2.58. The fourth-order valence-electron chi connectivity index (χ4n) is 1.60. The van der Waals surface area contributed by atoms with E-state index in [1.807, 2.05) is 30.3 Å². The molecule has 0 saturated carbocycles. The summed E-state index contributed by atoms with van der Waals surface area (Å²) in [5.41, 5.74) is 0.261. The highest BCUT2D eigenvalue weighted by Gasteiger charge is 2.10. The van der Waals surface area contributed by atoms with Crippen molar-refractivity contribution >= 4 is 28.3 Å². The molecule has 0 bridgehead atoms. The van der Waals surface area contributed by atoms with E-state index in [4.69, 9.17) is 16.9 Å². The second-order valence-corrected chi connectivity index (χ2v) is 4.04. The molecule has 1 heterocycles. The van der Waals surface area contributed by atoms with Crippen molar-refractivity contribution in [1.29, 1.82) is 5.26 Å². The summed E-state index contributed by atoms with van der Waals surface area (Å²) in [6.07, 6.45) is 0.271. The van der Waals surface area contributed by atoms with E-state index in [1.165, 1.54) is 0 Å². The molecule has 0 aliphatic carbocycles. The molecule has 1 amide bonds. The predicted molar refractivity (Wildman–Crippen MR) is 69.3 cm³/mol. The van der Waals surface area contributed by atoms with Crippen molar-refractivity contribution in [3.05, 3.63) is 41.2 Å². The van der Waals surface area contributed by atoms with Crippen molar-refractivity contribution in [2.24, 2.45) is 0 Å². The van der Waals surface area contributed by atoms with Crippen molar-refractivity contribution in [3.63, 3.8) is 0 Å². The molecule has 90 valence electrons. The number of rotatable bonds is 3. The number of hydrogen-bond donors (Lipinski definition) is 1. The second-order valence-electron chi connectivity index (χ2n) is 3.68. The highest BCUT2D eigenvalue weighted by molar-refractivity contribution is 6.34. The van der Waals surface area contributed by atoms with Gasteiger partial charge >= 0.3 is 0 Å². The zero-order valence-corrected chi connectivity index (χ0v) is 10.2. The van der Waals surface area contributed by atoms with Crippen LogP contribution in [0.2, 0.25) is 5.15 Å². The molecule has 0 saturated heterocycles. The molecule has 4 nitrogen and oxygen atoms in total. The predicted octanol–water partition coefficient (Wildman–Crippen LogP) is 2.53. The standard InChI is InChI=1S/C13H10ClN3O/c14-12-10-5-2-1-4-9(10)8-11(17-12)13(18)16-7-3-6-15/h1-2,4-5,8H,3,7H2,(H,16,18). The largest absolute Gasteiger partial charge is 0.350 e. The number of amides is 1. The number of fused-ring (bicyclic) bond motifs is 1. The van der Waals surface area contributed by atoms with E-state index in [1.54, 1.807) is 6.07 Å². The van der Waals surface area contributed by atoms with Gasteiger partial charge in [0.25, 0.3) is 5.91 Å². The summed E-state index contributed by atoms with van der Waals surface area (Å²) in [6, 6.07) is 11.1. The summed E-state index contributed by atoms with van der Waals surface area (Å²) in [6.45, 7) is 0.307. The summed E-state index contributed by atoms with van der Waals surface area (Å²) < 4.78 is 0. The van der Waals surface area contributed by atoms with Crippen LogP contribution in [-0.4, -0.2) is 17.4 Å². The lowest BCUT2D eigenvalue weighted by Gasteiger charge is -2.05. The number of carbonyl (C=O) groups is 1. The molecule has 1 aromatic carbocycles. The number of hydrogen-bond acceptors (Lipinski definition) is 3. The lowest BCUT2D eigenvalue weighted by molar-refractivity contribution is 0.0950. The topological polar surface area (TPSA) is 65.8 Å². The maximum absolute atomic E-state index is 11.8. The molecule has 5 heteroatoms. The van der Waals surface area contributed by atoms with Gasteiger partial charge in [-0.2, -0.15) is 5.26 Å². The third-order valence-electron chi connectivity index (χ3n) is 2.45. The molecule has 0 atom stereocenters. The van der Waals surface area contributed by atoms with Crippen LogP contribution in [0.5, 0.6) is 0 Å². The van der Waals surface area contributed by atoms with E-state index in [0.29, 0.717) is 11.7 Å². The molecule has 0 aliphatic rings. The van der Waals surface area contributed by atoms with Crippen molar-refractivity contribution in [2.45, 2.75) is 6.42 Å². The van der Waals surface area contributed by atoms with Gasteiger partial charge in [0.2, 0.25) is 0 Å². The average Bonchev–Trinajstić information content (AvgIpc) is 2.39. The Morgan fingerprint density at radius 3 is 3.00 bits per heavy atom. The number of nitrogens with zero attached hydrogens (tertiary/aromatic N) is 2.